The Morgan fingerprint density at radius 2 is 2.07 bits per heavy atom. The van der Waals surface area contributed by atoms with Crippen LogP contribution in [0.25, 0.3) is 0 Å². The second-order valence-corrected chi connectivity index (χ2v) is 4.55. The predicted molar refractivity (Wildman–Crippen MR) is 62.8 cm³/mol. The molecule has 3 heteroatoms. The molecule has 1 rings (SSSR count). The van der Waals surface area contributed by atoms with Gasteiger partial charge >= 0.3 is 0 Å². The summed E-state index contributed by atoms with van der Waals surface area (Å²) in [6.45, 7) is 6.45. The lowest BCUT2D eigenvalue weighted by Gasteiger charge is -2.17. The SMILES string of the molecule is Cc1cc(Br)c(C)c(C(C)CN)c1O. The molecule has 1 aromatic rings. The summed E-state index contributed by atoms with van der Waals surface area (Å²) in [4.78, 5) is 0. The molecule has 0 bridgehead atoms. The minimum absolute atomic E-state index is 0.186. The van der Waals surface area contributed by atoms with Crippen molar-refractivity contribution in [2.24, 2.45) is 5.73 Å². The van der Waals surface area contributed by atoms with Crippen LogP contribution in [0.4, 0.5) is 0 Å². The van der Waals surface area contributed by atoms with E-state index in [-0.39, 0.29) is 5.92 Å². The number of phenolic OH excluding ortho intramolecular Hbond substituents is 1. The number of aryl methyl sites for hydroxylation is 1. The number of nitrogens with two attached hydrogens (primary N) is 1. The third-order valence-corrected chi connectivity index (χ3v) is 3.40. The monoisotopic (exact) mass is 257 g/mol. The summed E-state index contributed by atoms with van der Waals surface area (Å²) in [7, 11) is 0. The van der Waals surface area contributed by atoms with E-state index in [1.54, 1.807) is 0 Å². The van der Waals surface area contributed by atoms with Gasteiger partial charge in [-0.25, -0.2) is 0 Å². The first-order valence-electron chi connectivity index (χ1n) is 4.67. The topological polar surface area (TPSA) is 46.2 Å². The Balaban J connectivity index is 3.39. The number of aromatic hydroxyl groups is 1. The van der Waals surface area contributed by atoms with Crippen molar-refractivity contribution in [2.45, 2.75) is 26.7 Å². The van der Waals surface area contributed by atoms with Gasteiger partial charge in [-0.2, -0.15) is 0 Å². The highest BCUT2D eigenvalue weighted by Gasteiger charge is 2.16. The van der Waals surface area contributed by atoms with Crippen molar-refractivity contribution in [3.8, 4) is 5.75 Å². The van der Waals surface area contributed by atoms with Gasteiger partial charge in [-0.15, -0.1) is 0 Å². The third-order valence-electron chi connectivity index (χ3n) is 2.58. The first-order valence-corrected chi connectivity index (χ1v) is 5.47. The maximum atomic E-state index is 9.93. The number of hydrogen-bond donors (Lipinski definition) is 2. The standard InChI is InChI=1S/C11H16BrNO/c1-6-4-9(12)8(3)10(11(6)14)7(2)5-13/h4,7,14H,5,13H2,1-3H3. The predicted octanol–water partition coefficient (Wildman–Crippen LogP) is 2.83. The molecular weight excluding hydrogens is 242 g/mol. The second-order valence-electron chi connectivity index (χ2n) is 3.70. The highest BCUT2D eigenvalue weighted by Crippen LogP contribution is 2.35. The van der Waals surface area contributed by atoms with E-state index in [4.69, 9.17) is 5.73 Å². The highest BCUT2D eigenvalue weighted by atomic mass is 79.9. The quantitative estimate of drug-likeness (QED) is 0.856. The van der Waals surface area contributed by atoms with Crippen LogP contribution in [0, 0.1) is 13.8 Å². The zero-order valence-electron chi connectivity index (χ0n) is 8.76. The number of halogens is 1. The van der Waals surface area contributed by atoms with Gasteiger partial charge in [0.25, 0.3) is 0 Å². The molecule has 78 valence electrons. The van der Waals surface area contributed by atoms with E-state index < -0.39 is 0 Å². The fraction of sp³-hybridized carbons (Fsp3) is 0.455. The van der Waals surface area contributed by atoms with Crippen LogP contribution in [0.3, 0.4) is 0 Å². The van der Waals surface area contributed by atoms with Crippen molar-refractivity contribution in [1.29, 1.82) is 0 Å². The summed E-state index contributed by atoms with van der Waals surface area (Å²) in [5.74, 6) is 0.565. The van der Waals surface area contributed by atoms with Crippen molar-refractivity contribution in [3.05, 3.63) is 27.2 Å². The smallest absolute Gasteiger partial charge is 0.122 e. The summed E-state index contributed by atoms with van der Waals surface area (Å²) in [6, 6.07) is 1.93. The first kappa shape index (κ1) is 11.5. The minimum atomic E-state index is 0.186. The van der Waals surface area contributed by atoms with Crippen LogP contribution < -0.4 is 5.73 Å². The Morgan fingerprint density at radius 3 is 2.57 bits per heavy atom. The van der Waals surface area contributed by atoms with Gasteiger partial charge in [0.15, 0.2) is 0 Å². The van der Waals surface area contributed by atoms with Crippen molar-refractivity contribution in [2.75, 3.05) is 6.54 Å². The molecule has 0 spiro atoms. The lowest BCUT2D eigenvalue weighted by atomic mass is 9.93. The zero-order chi connectivity index (χ0) is 10.9. The van der Waals surface area contributed by atoms with Gasteiger partial charge in [0.1, 0.15) is 5.75 Å². The Hall–Kier alpha value is -0.540. The summed E-state index contributed by atoms with van der Waals surface area (Å²) in [5.41, 5.74) is 8.54. The van der Waals surface area contributed by atoms with Gasteiger partial charge < -0.3 is 10.8 Å². The molecule has 0 saturated heterocycles. The minimum Gasteiger partial charge on any atom is -0.507 e. The van der Waals surface area contributed by atoms with E-state index in [2.05, 4.69) is 15.9 Å². The molecule has 1 unspecified atom stereocenters. The molecule has 0 radical (unpaired) electrons. The summed E-state index contributed by atoms with van der Waals surface area (Å²) < 4.78 is 1.03. The first-order chi connectivity index (χ1) is 6.49. The largest absolute Gasteiger partial charge is 0.507 e. The lowest BCUT2D eigenvalue weighted by Crippen LogP contribution is -2.11. The normalized spacial score (nSPS) is 12.9. The summed E-state index contributed by atoms with van der Waals surface area (Å²) in [6.07, 6.45) is 0. The molecule has 0 saturated carbocycles. The summed E-state index contributed by atoms with van der Waals surface area (Å²) in [5, 5.41) is 9.93. The van der Waals surface area contributed by atoms with Crippen LogP contribution >= 0.6 is 15.9 Å². The van der Waals surface area contributed by atoms with Crippen LogP contribution in [0.15, 0.2) is 10.5 Å². The van der Waals surface area contributed by atoms with Gasteiger partial charge in [-0.1, -0.05) is 22.9 Å². The van der Waals surface area contributed by atoms with E-state index in [9.17, 15) is 5.11 Å². The van der Waals surface area contributed by atoms with Crippen molar-refractivity contribution < 1.29 is 5.11 Å². The Bertz CT molecular complexity index is 323. The van der Waals surface area contributed by atoms with Crippen LogP contribution in [0.1, 0.15) is 29.5 Å². The molecule has 14 heavy (non-hydrogen) atoms. The average Bonchev–Trinajstić information content (AvgIpc) is 2.15. The Labute approximate surface area is 93.3 Å². The van der Waals surface area contributed by atoms with Gasteiger partial charge in [-0.05, 0) is 43.5 Å². The van der Waals surface area contributed by atoms with Gasteiger partial charge in [0.05, 0.1) is 0 Å². The van der Waals surface area contributed by atoms with E-state index in [1.165, 1.54) is 0 Å². The number of phenols is 1. The van der Waals surface area contributed by atoms with E-state index >= 15 is 0 Å². The molecule has 0 aliphatic rings. The molecule has 2 nitrogen and oxygen atoms in total. The fourth-order valence-electron chi connectivity index (χ4n) is 1.61. The molecule has 1 aromatic carbocycles. The average molecular weight is 258 g/mol. The molecule has 0 heterocycles. The van der Waals surface area contributed by atoms with Crippen LogP contribution in [-0.4, -0.2) is 11.7 Å². The summed E-state index contributed by atoms with van der Waals surface area (Å²) >= 11 is 3.48. The van der Waals surface area contributed by atoms with Crippen molar-refractivity contribution >= 4 is 15.9 Å². The molecule has 1 atom stereocenters. The third kappa shape index (κ3) is 1.93. The van der Waals surface area contributed by atoms with E-state index in [0.29, 0.717) is 12.3 Å². The van der Waals surface area contributed by atoms with Gasteiger partial charge in [-0.3, -0.25) is 0 Å². The fourth-order valence-corrected chi connectivity index (χ4v) is 2.16. The van der Waals surface area contributed by atoms with Crippen molar-refractivity contribution in [3.63, 3.8) is 0 Å². The van der Waals surface area contributed by atoms with Crippen LogP contribution in [0.5, 0.6) is 5.75 Å². The Kier molecular flexibility index (Phi) is 3.56. The van der Waals surface area contributed by atoms with Gasteiger partial charge in [0.2, 0.25) is 0 Å². The van der Waals surface area contributed by atoms with E-state index in [0.717, 1.165) is 21.2 Å². The van der Waals surface area contributed by atoms with Crippen molar-refractivity contribution in [1.82, 2.24) is 0 Å². The van der Waals surface area contributed by atoms with Gasteiger partial charge in [0, 0.05) is 10.0 Å². The zero-order valence-corrected chi connectivity index (χ0v) is 10.4. The number of benzene rings is 1. The highest BCUT2D eigenvalue weighted by molar-refractivity contribution is 9.10. The maximum absolute atomic E-state index is 9.93. The van der Waals surface area contributed by atoms with Crippen LogP contribution in [-0.2, 0) is 0 Å². The maximum Gasteiger partial charge on any atom is 0.122 e. The Morgan fingerprint density at radius 1 is 1.50 bits per heavy atom. The lowest BCUT2D eigenvalue weighted by molar-refractivity contribution is 0.458. The molecule has 0 aliphatic heterocycles. The molecular formula is C11H16BrNO. The molecule has 3 N–H and O–H groups in total. The molecule has 0 aromatic heterocycles. The molecule has 0 amide bonds. The van der Waals surface area contributed by atoms with Crippen LogP contribution in [0.2, 0.25) is 0 Å². The molecule has 0 aliphatic carbocycles. The second kappa shape index (κ2) is 4.32. The number of hydrogen-bond acceptors (Lipinski definition) is 2. The number of rotatable bonds is 2. The van der Waals surface area contributed by atoms with E-state index in [1.807, 2.05) is 26.8 Å². The molecule has 0 fully saturated rings.